The minimum atomic E-state index is 0.408. The van der Waals surface area contributed by atoms with Crippen LogP contribution < -0.4 is 0 Å². The van der Waals surface area contributed by atoms with Gasteiger partial charge in [-0.15, -0.1) is 0 Å². The molecule has 78 valence electrons. The minimum Gasteiger partial charge on any atom is -0.0645 e. The molecule has 1 aromatic carbocycles. The highest BCUT2D eigenvalue weighted by molar-refractivity contribution is 5.33. The van der Waals surface area contributed by atoms with E-state index in [1.807, 2.05) is 0 Å². The maximum absolute atomic E-state index is 2.30. The standard InChI is InChI=1S/C14H22/c1-5-14(6-2,7-3)13-11-9-8-10-12(13)4/h8-11H,5-7H2,1-4H3. The topological polar surface area (TPSA) is 0 Å². The van der Waals surface area contributed by atoms with Gasteiger partial charge in [0.05, 0.1) is 0 Å². The molecule has 0 heteroatoms. The van der Waals surface area contributed by atoms with Crippen LogP contribution in [0.5, 0.6) is 0 Å². The smallest absolute Gasteiger partial charge is 0.00522 e. The van der Waals surface area contributed by atoms with E-state index in [4.69, 9.17) is 0 Å². The Morgan fingerprint density at radius 1 is 0.929 bits per heavy atom. The number of rotatable bonds is 4. The fourth-order valence-electron chi connectivity index (χ4n) is 2.49. The SMILES string of the molecule is CCC(CC)(CC)c1ccccc1C. The first-order valence-corrected chi connectivity index (χ1v) is 5.76. The largest absolute Gasteiger partial charge is 0.0645 e. The zero-order valence-corrected chi connectivity index (χ0v) is 9.93. The van der Waals surface area contributed by atoms with E-state index in [9.17, 15) is 0 Å². The van der Waals surface area contributed by atoms with Crippen LogP contribution in [-0.2, 0) is 5.41 Å². The summed E-state index contributed by atoms with van der Waals surface area (Å²) < 4.78 is 0. The molecule has 1 aromatic rings. The first kappa shape index (κ1) is 11.3. The van der Waals surface area contributed by atoms with Crippen molar-refractivity contribution < 1.29 is 0 Å². The van der Waals surface area contributed by atoms with E-state index in [0.29, 0.717) is 5.41 Å². The molecule has 0 N–H and O–H groups in total. The van der Waals surface area contributed by atoms with Gasteiger partial charge in [0.15, 0.2) is 0 Å². The maximum atomic E-state index is 2.30. The lowest BCUT2D eigenvalue weighted by Crippen LogP contribution is -2.24. The van der Waals surface area contributed by atoms with Gasteiger partial charge < -0.3 is 0 Å². The molecule has 0 bridgehead atoms. The van der Waals surface area contributed by atoms with Gasteiger partial charge in [0.1, 0.15) is 0 Å². The summed E-state index contributed by atoms with van der Waals surface area (Å²) in [6.07, 6.45) is 3.72. The zero-order valence-electron chi connectivity index (χ0n) is 9.93. The van der Waals surface area contributed by atoms with E-state index >= 15 is 0 Å². The normalized spacial score (nSPS) is 11.7. The highest BCUT2D eigenvalue weighted by Gasteiger charge is 2.27. The average molecular weight is 190 g/mol. The summed E-state index contributed by atoms with van der Waals surface area (Å²) in [5, 5.41) is 0. The van der Waals surface area contributed by atoms with Gasteiger partial charge in [0.25, 0.3) is 0 Å². The quantitative estimate of drug-likeness (QED) is 0.657. The second kappa shape index (κ2) is 4.63. The highest BCUT2D eigenvalue weighted by Crippen LogP contribution is 2.36. The average Bonchev–Trinajstić information content (AvgIpc) is 2.24. The molecule has 0 fully saturated rings. The third-order valence-corrected chi connectivity index (χ3v) is 3.75. The minimum absolute atomic E-state index is 0.408. The lowest BCUT2D eigenvalue weighted by Gasteiger charge is -2.32. The molecular formula is C14H22. The molecule has 0 atom stereocenters. The molecule has 0 heterocycles. The first-order chi connectivity index (χ1) is 6.70. The van der Waals surface area contributed by atoms with Gasteiger partial charge >= 0.3 is 0 Å². The van der Waals surface area contributed by atoms with Crippen LogP contribution >= 0.6 is 0 Å². The molecule has 0 saturated carbocycles. The van der Waals surface area contributed by atoms with E-state index in [2.05, 4.69) is 52.0 Å². The molecule has 0 aliphatic carbocycles. The third kappa shape index (κ3) is 1.84. The van der Waals surface area contributed by atoms with Crippen LogP contribution in [0, 0.1) is 6.92 Å². The van der Waals surface area contributed by atoms with Gasteiger partial charge in [0, 0.05) is 0 Å². The van der Waals surface area contributed by atoms with Gasteiger partial charge in [-0.25, -0.2) is 0 Å². The van der Waals surface area contributed by atoms with Crippen LogP contribution in [-0.4, -0.2) is 0 Å². The lowest BCUT2D eigenvalue weighted by atomic mass is 9.72. The number of hydrogen-bond donors (Lipinski definition) is 0. The molecule has 0 spiro atoms. The fourth-order valence-corrected chi connectivity index (χ4v) is 2.49. The highest BCUT2D eigenvalue weighted by atomic mass is 14.3. The Morgan fingerprint density at radius 3 is 1.86 bits per heavy atom. The van der Waals surface area contributed by atoms with Gasteiger partial charge in [-0.3, -0.25) is 0 Å². The van der Waals surface area contributed by atoms with Crippen molar-refractivity contribution in [2.45, 2.75) is 52.4 Å². The van der Waals surface area contributed by atoms with Crippen molar-refractivity contribution in [3.05, 3.63) is 35.4 Å². The van der Waals surface area contributed by atoms with Crippen molar-refractivity contribution in [1.82, 2.24) is 0 Å². The van der Waals surface area contributed by atoms with Crippen molar-refractivity contribution in [1.29, 1.82) is 0 Å². The van der Waals surface area contributed by atoms with Crippen LogP contribution in [0.4, 0.5) is 0 Å². The summed E-state index contributed by atoms with van der Waals surface area (Å²) in [5.41, 5.74) is 3.40. The maximum Gasteiger partial charge on any atom is -0.00522 e. The van der Waals surface area contributed by atoms with E-state index in [1.165, 1.54) is 24.8 Å². The molecule has 0 unspecified atom stereocenters. The molecule has 0 aliphatic rings. The second-order valence-corrected chi connectivity index (χ2v) is 4.16. The Morgan fingerprint density at radius 2 is 1.43 bits per heavy atom. The summed E-state index contributed by atoms with van der Waals surface area (Å²) in [6.45, 7) is 9.14. The van der Waals surface area contributed by atoms with Crippen LogP contribution in [0.25, 0.3) is 0 Å². The van der Waals surface area contributed by atoms with Crippen LogP contribution in [0.1, 0.15) is 51.2 Å². The summed E-state index contributed by atoms with van der Waals surface area (Å²) in [4.78, 5) is 0. The van der Waals surface area contributed by atoms with Crippen molar-refractivity contribution in [2.24, 2.45) is 0 Å². The van der Waals surface area contributed by atoms with Gasteiger partial charge in [-0.1, -0.05) is 45.0 Å². The predicted molar refractivity (Wildman–Crippen MR) is 63.7 cm³/mol. The van der Waals surface area contributed by atoms with Gasteiger partial charge in [-0.05, 0) is 42.7 Å². The summed E-state index contributed by atoms with van der Waals surface area (Å²) in [7, 11) is 0. The van der Waals surface area contributed by atoms with E-state index in [0.717, 1.165) is 0 Å². The van der Waals surface area contributed by atoms with Crippen LogP contribution in [0.15, 0.2) is 24.3 Å². The number of aryl methyl sites for hydroxylation is 1. The lowest BCUT2D eigenvalue weighted by molar-refractivity contribution is 0.380. The molecular weight excluding hydrogens is 168 g/mol. The summed E-state index contributed by atoms with van der Waals surface area (Å²) in [5.74, 6) is 0. The molecule has 0 nitrogen and oxygen atoms in total. The molecule has 0 saturated heterocycles. The van der Waals surface area contributed by atoms with Crippen molar-refractivity contribution >= 4 is 0 Å². The van der Waals surface area contributed by atoms with Crippen LogP contribution in [0.3, 0.4) is 0 Å². The zero-order chi connectivity index (χ0) is 10.6. The molecule has 0 aromatic heterocycles. The Kier molecular flexibility index (Phi) is 3.74. The van der Waals surface area contributed by atoms with Gasteiger partial charge in [0.2, 0.25) is 0 Å². The van der Waals surface area contributed by atoms with E-state index < -0.39 is 0 Å². The summed E-state index contributed by atoms with van der Waals surface area (Å²) >= 11 is 0. The van der Waals surface area contributed by atoms with Crippen molar-refractivity contribution in [3.63, 3.8) is 0 Å². The molecule has 0 amide bonds. The van der Waals surface area contributed by atoms with Crippen molar-refractivity contribution in [2.75, 3.05) is 0 Å². The molecule has 0 aliphatic heterocycles. The second-order valence-electron chi connectivity index (χ2n) is 4.16. The Bertz CT molecular complexity index is 274. The van der Waals surface area contributed by atoms with Crippen LogP contribution in [0.2, 0.25) is 0 Å². The van der Waals surface area contributed by atoms with Crippen molar-refractivity contribution in [3.8, 4) is 0 Å². The van der Waals surface area contributed by atoms with Gasteiger partial charge in [-0.2, -0.15) is 0 Å². The molecule has 0 radical (unpaired) electrons. The Labute approximate surface area is 88.4 Å². The van der Waals surface area contributed by atoms with E-state index in [1.54, 1.807) is 5.56 Å². The molecule has 1 rings (SSSR count). The fraction of sp³-hybridized carbons (Fsp3) is 0.571. The summed E-state index contributed by atoms with van der Waals surface area (Å²) in [6, 6.07) is 8.82. The Balaban J connectivity index is 3.17. The Hall–Kier alpha value is -0.780. The number of benzene rings is 1. The monoisotopic (exact) mass is 190 g/mol. The first-order valence-electron chi connectivity index (χ1n) is 5.76. The predicted octanol–water partition coefficient (Wildman–Crippen LogP) is 4.46. The number of hydrogen-bond acceptors (Lipinski definition) is 0. The third-order valence-electron chi connectivity index (χ3n) is 3.75. The van der Waals surface area contributed by atoms with E-state index in [-0.39, 0.29) is 0 Å². The molecule has 14 heavy (non-hydrogen) atoms.